The molecule has 2 heterocycles. The van der Waals surface area contributed by atoms with Crippen molar-refractivity contribution in [3.05, 3.63) is 40.0 Å². The molecule has 21 heavy (non-hydrogen) atoms. The fourth-order valence-electron chi connectivity index (χ4n) is 1.87. The maximum Gasteiger partial charge on any atom is 0.255 e. The summed E-state index contributed by atoms with van der Waals surface area (Å²) in [5, 5.41) is 9.16. The Labute approximate surface area is 128 Å². The molecule has 0 aliphatic rings. The van der Waals surface area contributed by atoms with Crippen molar-refractivity contribution in [2.24, 2.45) is 0 Å². The first kappa shape index (κ1) is 15.4. The Bertz CT molecular complexity index is 597. The average molecular weight is 304 g/mol. The molecule has 2 aromatic rings. The lowest BCUT2D eigenvalue weighted by Crippen LogP contribution is -2.27. The molecule has 0 saturated carbocycles. The van der Waals surface area contributed by atoms with E-state index in [1.54, 1.807) is 29.7 Å². The molecule has 0 aliphatic heterocycles. The number of hydrogen-bond donors (Lipinski definition) is 2. The lowest BCUT2D eigenvalue weighted by atomic mass is 10.2. The number of aromatic nitrogens is 2. The number of hydrogen-bond acceptors (Lipinski definition) is 5. The zero-order valence-electron chi connectivity index (χ0n) is 12.3. The van der Waals surface area contributed by atoms with Crippen molar-refractivity contribution in [2.45, 2.75) is 26.7 Å². The second-order valence-electron chi connectivity index (χ2n) is 4.71. The van der Waals surface area contributed by atoms with Crippen LogP contribution in [0.15, 0.2) is 23.7 Å². The zero-order chi connectivity index (χ0) is 15.1. The summed E-state index contributed by atoms with van der Waals surface area (Å²) in [6.07, 6.45) is 3.43. The van der Waals surface area contributed by atoms with Gasteiger partial charge in [-0.05, 0) is 25.5 Å². The molecule has 5 nitrogen and oxygen atoms in total. The summed E-state index contributed by atoms with van der Waals surface area (Å²) < 4.78 is 0. The van der Waals surface area contributed by atoms with Crippen molar-refractivity contribution in [1.82, 2.24) is 15.3 Å². The van der Waals surface area contributed by atoms with Gasteiger partial charge in [-0.15, -0.1) is 11.3 Å². The van der Waals surface area contributed by atoms with E-state index in [-0.39, 0.29) is 5.91 Å². The second-order valence-corrected chi connectivity index (χ2v) is 5.66. The highest BCUT2D eigenvalue weighted by molar-refractivity contribution is 7.09. The van der Waals surface area contributed by atoms with Crippen LogP contribution in [0.25, 0.3) is 0 Å². The smallest absolute Gasteiger partial charge is 0.255 e. The standard InChI is InChI=1S/C15H20N4OS/c1-3-7-16-14-12(5-4-8-17-14)15(20)18-9-6-13-19-11(2)10-21-13/h4-5,8,10H,3,6-7,9H2,1-2H3,(H,16,17)(H,18,20). The molecule has 0 fully saturated rings. The van der Waals surface area contributed by atoms with E-state index in [2.05, 4.69) is 27.5 Å². The number of amides is 1. The monoisotopic (exact) mass is 304 g/mol. The summed E-state index contributed by atoms with van der Waals surface area (Å²) in [6, 6.07) is 3.56. The number of carbonyl (C=O) groups excluding carboxylic acids is 1. The Kier molecular flexibility index (Phi) is 5.68. The van der Waals surface area contributed by atoms with E-state index in [0.29, 0.717) is 17.9 Å². The largest absolute Gasteiger partial charge is 0.369 e. The first-order valence-corrected chi connectivity index (χ1v) is 7.96. The number of rotatable bonds is 7. The lowest BCUT2D eigenvalue weighted by Gasteiger charge is -2.10. The maximum atomic E-state index is 12.2. The molecule has 0 saturated heterocycles. The molecular formula is C15H20N4OS. The normalized spacial score (nSPS) is 10.4. The van der Waals surface area contributed by atoms with Crippen molar-refractivity contribution < 1.29 is 4.79 Å². The molecule has 112 valence electrons. The number of pyridine rings is 1. The highest BCUT2D eigenvalue weighted by Gasteiger charge is 2.11. The molecule has 2 N–H and O–H groups in total. The van der Waals surface area contributed by atoms with Crippen LogP contribution in [0.4, 0.5) is 5.82 Å². The van der Waals surface area contributed by atoms with Crippen molar-refractivity contribution in [3.63, 3.8) is 0 Å². The Morgan fingerprint density at radius 1 is 1.38 bits per heavy atom. The summed E-state index contributed by atoms with van der Waals surface area (Å²) in [5.74, 6) is 0.539. The molecule has 6 heteroatoms. The molecule has 0 aromatic carbocycles. The lowest BCUT2D eigenvalue weighted by molar-refractivity contribution is 0.0954. The quantitative estimate of drug-likeness (QED) is 0.825. The van der Waals surface area contributed by atoms with Gasteiger partial charge in [0.05, 0.1) is 10.6 Å². The van der Waals surface area contributed by atoms with E-state index in [4.69, 9.17) is 0 Å². The van der Waals surface area contributed by atoms with E-state index in [1.807, 2.05) is 12.3 Å². The third kappa shape index (κ3) is 4.53. The van der Waals surface area contributed by atoms with Gasteiger partial charge in [0.2, 0.25) is 0 Å². The van der Waals surface area contributed by atoms with Gasteiger partial charge in [-0.25, -0.2) is 9.97 Å². The average Bonchev–Trinajstić information content (AvgIpc) is 2.91. The molecule has 0 aliphatic carbocycles. The van der Waals surface area contributed by atoms with Gasteiger partial charge >= 0.3 is 0 Å². The summed E-state index contributed by atoms with van der Waals surface area (Å²) in [7, 11) is 0. The predicted molar refractivity (Wildman–Crippen MR) is 85.9 cm³/mol. The van der Waals surface area contributed by atoms with E-state index < -0.39 is 0 Å². The van der Waals surface area contributed by atoms with Crippen LogP contribution in [0.1, 0.15) is 34.4 Å². The van der Waals surface area contributed by atoms with Gasteiger partial charge in [-0.1, -0.05) is 6.92 Å². The van der Waals surface area contributed by atoms with Crippen molar-refractivity contribution >= 4 is 23.1 Å². The molecule has 0 atom stereocenters. The minimum absolute atomic E-state index is 0.102. The van der Waals surface area contributed by atoms with Crippen LogP contribution >= 0.6 is 11.3 Å². The van der Waals surface area contributed by atoms with Crippen LogP contribution in [-0.2, 0) is 6.42 Å². The number of thiazole rings is 1. The van der Waals surface area contributed by atoms with Gasteiger partial charge in [0.15, 0.2) is 0 Å². The molecular weight excluding hydrogens is 284 g/mol. The molecule has 2 aromatic heterocycles. The van der Waals surface area contributed by atoms with E-state index >= 15 is 0 Å². The van der Waals surface area contributed by atoms with Gasteiger partial charge in [0, 0.05) is 36.8 Å². The third-order valence-corrected chi connectivity index (χ3v) is 3.91. The summed E-state index contributed by atoms with van der Waals surface area (Å²) in [6.45, 7) is 5.43. The highest BCUT2D eigenvalue weighted by atomic mass is 32.1. The molecule has 2 rings (SSSR count). The van der Waals surface area contributed by atoms with Crippen LogP contribution < -0.4 is 10.6 Å². The van der Waals surface area contributed by atoms with Crippen molar-refractivity contribution in [2.75, 3.05) is 18.4 Å². The molecule has 0 spiro atoms. The molecule has 0 unspecified atom stereocenters. The van der Waals surface area contributed by atoms with Crippen LogP contribution in [0.3, 0.4) is 0 Å². The number of aryl methyl sites for hydroxylation is 1. The molecule has 0 radical (unpaired) electrons. The Morgan fingerprint density at radius 3 is 2.95 bits per heavy atom. The van der Waals surface area contributed by atoms with Crippen LogP contribution in [0, 0.1) is 6.92 Å². The van der Waals surface area contributed by atoms with Gasteiger partial charge in [0.1, 0.15) is 5.82 Å². The topological polar surface area (TPSA) is 66.9 Å². The minimum Gasteiger partial charge on any atom is -0.369 e. The third-order valence-electron chi connectivity index (χ3n) is 2.89. The zero-order valence-corrected chi connectivity index (χ0v) is 13.2. The minimum atomic E-state index is -0.102. The fraction of sp³-hybridized carbons (Fsp3) is 0.400. The number of nitrogens with one attached hydrogen (secondary N) is 2. The van der Waals surface area contributed by atoms with Crippen LogP contribution in [-0.4, -0.2) is 29.0 Å². The van der Waals surface area contributed by atoms with Crippen LogP contribution in [0.2, 0.25) is 0 Å². The highest BCUT2D eigenvalue weighted by Crippen LogP contribution is 2.12. The van der Waals surface area contributed by atoms with Gasteiger partial charge in [-0.2, -0.15) is 0 Å². The Balaban J connectivity index is 1.90. The van der Waals surface area contributed by atoms with Gasteiger partial charge in [-0.3, -0.25) is 4.79 Å². The van der Waals surface area contributed by atoms with Gasteiger partial charge < -0.3 is 10.6 Å². The van der Waals surface area contributed by atoms with Crippen molar-refractivity contribution in [3.8, 4) is 0 Å². The SMILES string of the molecule is CCCNc1ncccc1C(=O)NCCc1nc(C)cs1. The van der Waals surface area contributed by atoms with E-state index in [0.717, 1.165) is 30.1 Å². The van der Waals surface area contributed by atoms with Gasteiger partial charge in [0.25, 0.3) is 5.91 Å². The number of anilines is 1. The van der Waals surface area contributed by atoms with Crippen LogP contribution in [0.5, 0.6) is 0 Å². The summed E-state index contributed by atoms with van der Waals surface area (Å²) in [5.41, 5.74) is 1.61. The summed E-state index contributed by atoms with van der Waals surface area (Å²) in [4.78, 5) is 20.8. The molecule has 0 bridgehead atoms. The Hall–Kier alpha value is -1.95. The summed E-state index contributed by atoms with van der Waals surface area (Å²) >= 11 is 1.62. The number of carbonyl (C=O) groups is 1. The van der Waals surface area contributed by atoms with E-state index in [9.17, 15) is 4.79 Å². The predicted octanol–water partition coefficient (Wildman–Crippen LogP) is 2.64. The molecule has 1 amide bonds. The first-order valence-electron chi connectivity index (χ1n) is 7.08. The first-order chi connectivity index (χ1) is 10.2. The number of nitrogens with zero attached hydrogens (tertiary/aromatic N) is 2. The van der Waals surface area contributed by atoms with E-state index in [1.165, 1.54) is 0 Å². The maximum absolute atomic E-state index is 12.2. The second kappa shape index (κ2) is 7.73. The van der Waals surface area contributed by atoms with Crippen molar-refractivity contribution in [1.29, 1.82) is 0 Å². The Morgan fingerprint density at radius 2 is 2.24 bits per heavy atom. The fourth-order valence-corrected chi connectivity index (χ4v) is 2.64.